The molecule has 0 N–H and O–H groups in total. The van der Waals surface area contributed by atoms with Gasteiger partial charge < -0.3 is 4.90 Å². The minimum Gasteiger partial charge on any atom is -0.353 e. The lowest BCUT2D eigenvalue weighted by atomic mass is 9.57. The van der Waals surface area contributed by atoms with Gasteiger partial charge in [0.25, 0.3) is 0 Å². The van der Waals surface area contributed by atoms with Crippen molar-refractivity contribution in [1.82, 2.24) is 24.6 Å². The highest BCUT2D eigenvalue weighted by molar-refractivity contribution is 7.92. The van der Waals surface area contributed by atoms with Gasteiger partial charge in [0.2, 0.25) is 0 Å². The Labute approximate surface area is 226 Å². The smallest absolute Gasteiger partial charge is 0.353 e. The van der Waals surface area contributed by atoms with Gasteiger partial charge in [-0.15, -0.1) is 10.2 Å². The van der Waals surface area contributed by atoms with Crippen LogP contribution >= 0.6 is 11.6 Å². The van der Waals surface area contributed by atoms with E-state index in [2.05, 4.69) is 20.1 Å². The van der Waals surface area contributed by atoms with E-state index in [9.17, 15) is 26.0 Å². The van der Waals surface area contributed by atoms with Crippen molar-refractivity contribution in [3.8, 4) is 5.69 Å². The number of hydrogen-bond donors (Lipinski definition) is 0. The summed E-state index contributed by atoms with van der Waals surface area (Å²) in [4.78, 5) is 7.22. The molecule has 0 atom stereocenters. The third kappa shape index (κ3) is 4.20. The van der Waals surface area contributed by atoms with Crippen LogP contribution in [-0.4, -0.2) is 63.7 Å². The summed E-state index contributed by atoms with van der Waals surface area (Å²) in [7, 11) is -3.00. The number of pyridine rings is 1. The van der Waals surface area contributed by atoms with E-state index in [4.69, 9.17) is 11.6 Å². The SMILES string of the molecule is O=S1(=O)CC(N2Cc3cc(Cl)ccc3-n3c(nnc3C3CC4(C3)CN(c3nc(C(F)(F)F)ccc3F)C4)C2)C1. The second kappa shape index (κ2) is 8.37. The Morgan fingerprint density at radius 2 is 1.77 bits per heavy atom. The van der Waals surface area contributed by atoms with Crippen molar-refractivity contribution >= 4 is 27.3 Å². The lowest BCUT2D eigenvalue weighted by Gasteiger charge is -2.59. The maximum absolute atomic E-state index is 14.3. The van der Waals surface area contributed by atoms with Crippen LogP contribution in [0.2, 0.25) is 5.02 Å². The van der Waals surface area contributed by atoms with Crippen LogP contribution in [0.25, 0.3) is 5.69 Å². The maximum atomic E-state index is 14.3. The van der Waals surface area contributed by atoms with Gasteiger partial charge >= 0.3 is 6.18 Å². The van der Waals surface area contributed by atoms with E-state index in [1.165, 1.54) is 0 Å². The maximum Gasteiger partial charge on any atom is 0.433 e. The molecule has 7 rings (SSSR count). The summed E-state index contributed by atoms with van der Waals surface area (Å²) in [5, 5.41) is 9.59. The fourth-order valence-corrected chi connectivity index (χ4v) is 8.16. The van der Waals surface area contributed by atoms with Crippen molar-refractivity contribution in [3.05, 3.63) is 64.1 Å². The number of nitrogens with zero attached hydrogens (tertiary/aromatic N) is 6. The zero-order valence-electron chi connectivity index (χ0n) is 20.5. The molecule has 1 saturated carbocycles. The summed E-state index contributed by atoms with van der Waals surface area (Å²) >= 11 is 6.31. The van der Waals surface area contributed by atoms with Crippen molar-refractivity contribution in [3.63, 3.8) is 0 Å². The number of sulfone groups is 1. The first-order valence-corrected chi connectivity index (χ1v) is 14.8. The lowest BCUT2D eigenvalue weighted by Crippen LogP contribution is -2.62. The van der Waals surface area contributed by atoms with Crippen molar-refractivity contribution in [1.29, 1.82) is 0 Å². The summed E-state index contributed by atoms with van der Waals surface area (Å²) in [5.41, 5.74) is 0.621. The molecule has 0 unspecified atom stereocenters. The number of benzene rings is 1. The molecule has 1 aromatic carbocycles. The monoisotopic (exact) mass is 582 g/mol. The van der Waals surface area contributed by atoms with Gasteiger partial charge in [-0.05, 0) is 48.7 Å². The van der Waals surface area contributed by atoms with Crippen LogP contribution < -0.4 is 4.90 Å². The molecule has 1 spiro atoms. The molecule has 1 aliphatic carbocycles. The van der Waals surface area contributed by atoms with Gasteiger partial charge in [0.15, 0.2) is 27.3 Å². The minimum atomic E-state index is -4.64. The molecule has 3 fully saturated rings. The molecule has 206 valence electrons. The zero-order chi connectivity index (χ0) is 27.3. The Hall–Kier alpha value is -2.77. The van der Waals surface area contributed by atoms with E-state index in [0.29, 0.717) is 37.3 Å². The fraction of sp³-hybridized carbons (Fsp3) is 0.480. The first kappa shape index (κ1) is 25.2. The number of halogens is 5. The summed E-state index contributed by atoms with van der Waals surface area (Å²) in [6, 6.07) is 7.00. The first-order valence-electron chi connectivity index (χ1n) is 12.6. The number of alkyl halides is 3. The van der Waals surface area contributed by atoms with Crippen LogP contribution in [0, 0.1) is 11.2 Å². The topological polar surface area (TPSA) is 84.2 Å². The third-order valence-corrected chi connectivity index (χ3v) is 10.4. The van der Waals surface area contributed by atoms with E-state index in [1.54, 1.807) is 11.0 Å². The Bertz CT molecular complexity index is 1580. The number of aromatic nitrogens is 4. The minimum absolute atomic E-state index is 0.0758. The van der Waals surface area contributed by atoms with Gasteiger partial charge in [0.1, 0.15) is 11.5 Å². The molecule has 0 amide bonds. The van der Waals surface area contributed by atoms with Gasteiger partial charge in [-0.3, -0.25) is 9.47 Å². The highest BCUT2D eigenvalue weighted by atomic mass is 35.5. The molecule has 3 aromatic rings. The van der Waals surface area contributed by atoms with Crippen LogP contribution in [0.1, 0.15) is 41.7 Å². The molecule has 2 aromatic heterocycles. The normalized spacial score (nSPS) is 23.8. The molecule has 0 bridgehead atoms. The number of anilines is 1. The Morgan fingerprint density at radius 3 is 2.46 bits per heavy atom. The van der Waals surface area contributed by atoms with Crippen molar-refractivity contribution in [2.75, 3.05) is 29.5 Å². The molecular weight excluding hydrogens is 560 g/mol. The first-order chi connectivity index (χ1) is 18.4. The number of rotatable bonds is 3. The molecule has 8 nitrogen and oxygen atoms in total. The van der Waals surface area contributed by atoms with E-state index in [-0.39, 0.29) is 34.7 Å². The molecule has 0 radical (unpaired) electrons. The predicted octanol–water partition coefficient (Wildman–Crippen LogP) is 3.97. The Kier molecular flexibility index (Phi) is 5.41. The highest BCUT2D eigenvalue weighted by Crippen LogP contribution is 2.57. The van der Waals surface area contributed by atoms with E-state index in [1.807, 2.05) is 16.7 Å². The molecule has 14 heteroatoms. The summed E-state index contributed by atoms with van der Waals surface area (Å²) < 4.78 is 79.3. The average molecular weight is 583 g/mol. The van der Waals surface area contributed by atoms with Crippen LogP contribution in [0.15, 0.2) is 30.3 Å². The second-order valence-electron chi connectivity index (χ2n) is 11.2. The molecule has 2 saturated heterocycles. The van der Waals surface area contributed by atoms with Crippen molar-refractivity contribution < 1.29 is 26.0 Å². The van der Waals surface area contributed by atoms with Gasteiger partial charge in [-0.2, -0.15) is 13.2 Å². The molecule has 39 heavy (non-hydrogen) atoms. The van der Waals surface area contributed by atoms with Gasteiger partial charge in [-0.25, -0.2) is 17.8 Å². The zero-order valence-corrected chi connectivity index (χ0v) is 22.1. The predicted molar refractivity (Wildman–Crippen MR) is 134 cm³/mol. The molecular formula is C25H23ClF4N6O2S. The largest absolute Gasteiger partial charge is 0.433 e. The van der Waals surface area contributed by atoms with Gasteiger partial charge in [0.05, 0.1) is 23.7 Å². The van der Waals surface area contributed by atoms with E-state index >= 15 is 0 Å². The van der Waals surface area contributed by atoms with Crippen LogP contribution in [-0.2, 0) is 29.1 Å². The van der Waals surface area contributed by atoms with Crippen LogP contribution in [0.4, 0.5) is 23.4 Å². The third-order valence-electron chi connectivity index (χ3n) is 8.36. The summed E-state index contributed by atoms with van der Waals surface area (Å²) in [5.74, 6) is 0.798. The molecule has 3 aliphatic heterocycles. The standard InChI is InChI=1S/C25H23ClF4N6O2S/c26-16-1-3-19-14(5-16)8-34(17-10-39(37,38)11-17)9-21-32-33-22(36(19)21)15-6-24(7-15)12-35(13-24)23-18(27)2-4-20(31-23)25(28,29)30/h1-5,15,17H,6-13H2. The lowest BCUT2D eigenvalue weighted by molar-refractivity contribution is -0.141. The summed E-state index contributed by atoms with van der Waals surface area (Å²) in [6.45, 7) is 1.83. The highest BCUT2D eigenvalue weighted by Gasteiger charge is 2.55. The Balaban J connectivity index is 1.11. The number of hydrogen-bond acceptors (Lipinski definition) is 7. The van der Waals surface area contributed by atoms with E-state index < -0.39 is 27.5 Å². The van der Waals surface area contributed by atoms with Crippen LogP contribution in [0.5, 0.6) is 0 Å². The van der Waals surface area contributed by atoms with Gasteiger partial charge in [0, 0.05) is 42.0 Å². The Morgan fingerprint density at radius 1 is 1.03 bits per heavy atom. The van der Waals surface area contributed by atoms with Gasteiger partial charge in [-0.1, -0.05) is 11.6 Å². The quantitative estimate of drug-likeness (QED) is 0.432. The van der Waals surface area contributed by atoms with Crippen molar-refractivity contribution in [2.45, 2.75) is 44.1 Å². The fourth-order valence-electron chi connectivity index (χ4n) is 6.47. The molecule has 5 heterocycles. The number of fused-ring (bicyclic) bond motifs is 3. The average Bonchev–Trinajstić information content (AvgIpc) is 3.11. The van der Waals surface area contributed by atoms with E-state index in [0.717, 1.165) is 41.8 Å². The second-order valence-corrected chi connectivity index (χ2v) is 13.8. The molecule has 4 aliphatic rings. The van der Waals surface area contributed by atoms with Crippen LogP contribution in [0.3, 0.4) is 0 Å². The van der Waals surface area contributed by atoms with Crippen molar-refractivity contribution in [2.24, 2.45) is 5.41 Å². The summed E-state index contributed by atoms with van der Waals surface area (Å²) in [6.07, 6.45) is -3.15.